The SMILES string of the molecule is C[C@]12CCC(=O)CC1CCC1C2CC[C@]2(C)C(C(=O)COC(=O)CCC(=O)O)CCC12. The molecule has 31 heavy (non-hydrogen) atoms. The van der Waals surface area contributed by atoms with Crippen molar-refractivity contribution in [1.82, 2.24) is 0 Å². The molecule has 0 saturated heterocycles. The number of carboxylic acids is 1. The fraction of sp³-hybridized carbons (Fsp3) is 0.840. The van der Waals surface area contributed by atoms with E-state index in [0.29, 0.717) is 29.5 Å². The number of carbonyl (C=O) groups excluding carboxylic acids is 3. The molecule has 0 amide bonds. The topological polar surface area (TPSA) is 97.7 Å². The van der Waals surface area contributed by atoms with E-state index < -0.39 is 11.9 Å². The van der Waals surface area contributed by atoms with Gasteiger partial charge in [-0.05, 0) is 79.4 Å². The number of Topliss-reactive ketones (excluding diaryl/α,β-unsaturated/α-hetero) is 2. The van der Waals surface area contributed by atoms with Crippen molar-refractivity contribution in [3.05, 3.63) is 0 Å². The molecular weight excluding hydrogens is 396 g/mol. The summed E-state index contributed by atoms with van der Waals surface area (Å²) in [6.07, 6.45) is 8.41. The van der Waals surface area contributed by atoms with Gasteiger partial charge in [-0.3, -0.25) is 19.2 Å². The van der Waals surface area contributed by atoms with E-state index in [9.17, 15) is 19.2 Å². The van der Waals surface area contributed by atoms with Crippen LogP contribution in [0, 0.1) is 40.4 Å². The lowest BCUT2D eigenvalue weighted by Gasteiger charge is -2.60. The summed E-state index contributed by atoms with van der Waals surface area (Å²) in [6, 6.07) is 0. The zero-order chi connectivity index (χ0) is 22.4. The van der Waals surface area contributed by atoms with Gasteiger partial charge in [0.05, 0.1) is 12.8 Å². The van der Waals surface area contributed by atoms with Gasteiger partial charge >= 0.3 is 11.9 Å². The highest BCUT2D eigenvalue weighted by Crippen LogP contribution is 2.67. The molecule has 0 aliphatic heterocycles. The zero-order valence-electron chi connectivity index (χ0n) is 18.9. The number of rotatable bonds is 6. The Balaban J connectivity index is 1.41. The van der Waals surface area contributed by atoms with E-state index in [4.69, 9.17) is 9.84 Å². The summed E-state index contributed by atoms with van der Waals surface area (Å²) in [5.74, 6) is 1.03. The summed E-state index contributed by atoms with van der Waals surface area (Å²) < 4.78 is 5.11. The van der Waals surface area contributed by atoms with E-state index in [0.717, 1.165) is 51.4 Å². The van der Waals surface area contributed by atoms with Crippen LogP contribution in [-0.4, -0.2) is 35.2 Å². The molecular formula is C25H36O6. The molecule has 4 fully saturated rings. The summed E-state index contributed by atoms with van der Waals surface area (Å²) >= 11 is 0. The summed E-state index contributed by atoms with van der Waals surface area (Å²) in [5.41, 5.74) is 0.222. The molecule has 1 N–H and O–H groups in total. The maximum atomic E-state index is 13.0. The number of carboxylic acid groups (broad SMARTS) is 1. The number of carbonyl (C=O) groups is 4. The molecule has 0 aromatic heterocycles. The van der Waals surface area contributed by atoms with Crippen molar-refractivity contribution in [3.8, 4) is 0 Å². The Bertz CT molecular complexity index is 774. The number of ether oxygens (including phenoxy) is 1. The smallest absolute Gasteiger partial charge is 0.306 e. The van der Waals surface area contributed by atoms with Crippen LogP contribution in [0.5, 0.6) is 0 Å². The number of fused-ring (bicyclic) bond motifs is 5. The Morgan fingerprint density at radius 3 is 2.45 bits per heavy atom. The van der Waals surface area contributed by atoms with E-state index in [1.165, 1.54) is 6.42 Å². The van der Waals surface area contributed by atoms with E-state index >= 15 is 0 Å². The summed E-state index contributed by atoms with van der Waals surface area (Å²) in [6.45, 7) is 4.47. The lowest BCUT2D eigenvalue weighted by molar-refractivity contribution is -0.154. The lowest BCUT2D eigenvalue weighted by Crippen LogP contribution is -2.54. The third-order valence-corrected chi connectivity index (χ3v) is 9.79. The van der Waals surface area contributed by atoms with Crippen LogP contribution in [0.15, 0.2) is 0 Å². The molecule has 5 unspecified atom stereocenters. The molecule has 0 aromatic rings. The maximum Gasteiger partial charge on any atom is 0.306 e. The Kier molecular flexibility index (Phi) is 6.04. The fourth-order valence-corrected chi connectivity index (χ4v) is 8.11. The molecule has 4 saturated carbocycles. The first-order valence-electron chi connectivity index (χ1n) is 12.1. The summed E-state index contributed by atoms with van der Waals surface area (Å²) in [7, 11) is 0. The number of hydrogen-bond acceptors (Lipinski definition) is 5. The molecule has 4 rings (SSSR count). The van der Waals surface area contributed by atoms with Gasteiger partial charge in [-0.25, -0.2) is 0 Å². The van der Waals surface area contributed by atoms with Crippen LogP contribution in [0.2, 0.25) is 0 Å². The van der Waals surface area contributed by atoms with Gasteiger partial charge in [-0.15, -0.1) is 0 Å². The Labute approximate surface area is 184 Å². The number of ketones is 2. The second kappa shape index (κ2) is 8.32. The minimum absolute atomic E-state index is 0.00437. The Morgan fingerprint density at radius 1 is 0.968 bits per heavy atom. The van der Waals surface area contributed by atoms with Crippen molar-refractivity contribution in [3.63, 3.8) is 0 Å². The van der Waals surface area contributed by atoms with E-state index in [-0.39, 0.29) is 42.0 Å². The molecule has 0 bridgehead atoms. The highest BCUT2D eigenvalue weighted by atomic mass is 16.5. The first kappa shape index (κ1) is 22.5. The van der Waals surface area contributed by atoms with E-state index in [1.54, 1.807) is 0 Å². The lowest BCUT2D eigenvalue weighted by atomic mass is 9.44. The van der Waals surface area contributed by atoms with E-state index in [1.807, 2.05) is 0 Å². The van der Waals surface area contributed by atoms with Crippen molar-refractivity contribution in [2.24, 2.45) is 40.4 Å². The van der Waals surface area contributed by atoms with Crippen LogP contribution in [0.3, 0.4) is 0 Å². The second-order valence-electron chi connectivity index (χ2n) is 11.1. The molecule has 6 heteroatoms. The van der Waals surface area contributed by atoms with Crippen molar-refractivity contribution in [2.45, 2.75) is 84.5 Å². The standard InChI is InChI=1S/C25H36O6/c1-24-11-9-16(26)13-15(24)3-4-17-18-5-6-20(25(18,2)12-10-19(17)24)21(27)14-31-23(30)8-7-22(28)29/h15,17-20H,3-14H2,1-2H3,(H,28,29)/t15?,17?,18?,19?,20?,24-,25-/m0/s1. The van der Waals surface area contributed by atoms with E-state index in [2.05, 4.69) is 13.8 Å². The predicted molar refractivity (Wildman–Crippen MR) is 113 cm³/mol. The van der Waals surface area contributed by atoms with Crippen molar-refractivity contribution < 1.29 is 29.0 Å². The molecule has 7 atom stereocenters. The van der Waals surface area contributed by atoms with Gasteiger partial charge in [0, 0.05) is 18.8 Å². The minimum Gasteiger partial charge on any atom is -0.481 e. The van der Waals surface area contributed by atoms with Gasteiger partial charge in [-0.1, -0.05) is 13.8 Å². The monoisotopic (exact) mass is 432 g/mol. The third kappa shape index (κ3) is 3.95. The maximum absolute atomic E-state index is 13.0. The Hall–Kier alpha value is -1.72. The highest BCUT2D eigenvalue weighted by molar-refractivity contribution is 5.86. The molecule has 172 valence electrons. The number of esters is 1. The summed E-state index contributed by atoms with van der Waals surface area (Å²) in [4.78, 5) is 47.4. The highest BCUT2D eigenvalue weighted by Gasteiger charge is 2.61. The molecule has 4 aliphatic rings. The van der Waals surface area contributed by atoms with Gasteiger partial charge < -0.3 is 9.84 Å². The minimum atomic E-state index is -1.04. The van der Waals surface area contributed by atoms with Gasteiger partial charge in [0.25, 0.3) is 0 Å². The van der Waals surface area contributed by atoms with Gasteiger partial charge in [0.15, 0.2) is 5.78 Å². The van der Waals surface area contributed by atoms with Crippen LogP contribution >= 0.6 is 0 Å². The molecule has 0 heterocycles. The molecule has 0 aromatic carbocycles. The number of hydrogen-bond donors (Lipinski definition) is 1. The first-order chi connectivity index (χ1) is 14.6. The quantitative estimate of drug-likeness (QED) is 0.632. The molecule has 4 aliphatic carbocycles. The van der Waals surface area contributed by atoms with Crippen LogP contribution in [0.25, 0.3) is 0 Å². The van der Waals surface area contributed by atoms with Crippen molar-refractivity contribution >= 4 is 23.5 Å². The largest absolute Gasteiger partial charge is 0.481 e. The third-order valence-electron chi connectivity index (χ3n) is 9.79. The molecule has 0 radical (unpaired) electrons. The summed E-state index contributed by atoms with van der Waals surface area (Å²) in [5, 5.41) is 8.68. The van der Waals surface area contributed by atoms with Crippen LogP contribution in [0.1, 0.15) is 84.5 Å². The predicted octanol–water partition coefficient (Wildman–Crippen LogP) is 4.19. The van der Waals surface area contributed by atoms with Gasteiger partial charge in [0.1, 0.15) is 12.4 Å². The number of aliphatic carboxylic acids is 1. The van der Waals surface area contributed by atoms with Crippen molar-refractivity contribution in [2.75, 3.05) is 6.61 Å². The average molecular weight is 433 g/mol. The van der Waals surface area contributed by atoms with Crippen LogP contribution in [-0.2, 0) is 23.9 Å². The van der Waals surface area contributed by atoms with Gasteiger partial charge in [-0.2, -0.15) is 0 Å². The second-order valence-corrected chi connectivity index (χ2v) is 11.1. The molecule has 6 nitrogen and oxygen atoms in total. The van der Waals surface area contributed by atoms with Crippen molar-refractivity contribution in [1.29, 1.82) is 0 Å². The molecule has 0 spiro atoms. The van der Waals surface area contributed by atoms with Crippen LogP contribution in [0.4, 0.5) is 0 Å². The Morgan fingerprint density at radius 2 is 1.71 bits per heavy atom. The fourth-order valence-electron chi connectivity index (χ4n) is 8.11. The zero-order valence-corrected chi connectivity index (χ0v) is 18.9. The van der Waals surface area contributed by atoms with Crippen LogP contribution < -0.4 is 0 Å². The average Bonchev–Trinajstić information content (AvgIpc) is 3.08. The normalized spacial score (nSPS) is 41.6. The van der Waals surface area contributed by atoms with Gasteiger partial charge in [0.2, 0.25) is 0 Å². The first-order valence-corrected chi connectivity index (χ1v) is 12.1.